The number of hydrogen-bond acceptors (Lipinski definition) is 5. The average molecular weight is 252 g/mol. The summed E-state index contributed by atoms with van der Waals surface area (Å²) >= 11 is 0. The Labute approximate surface area is 110 Å². The van der Waals surface area contributed by atoms with Crippen molar-refractivity contribution in [3.8, 4) is 22.8 Å². The Morgan fingerprint density at radius 2 is 2.11 bits per heavy atom. The van der Waals surface area contributed by atoms with Gasteiger partial charge in [-0.2, -0.15) is 4.98 Å². The van der Waals surface area contributed by atoms with Crippen LogP contribution in [0.4, 0.5) is 5.69 Å². The van der Waals surface area contributed by atoms with Crippen LogP contribution < -0.4 is 5.73 Å². The average Bonchev–Trinajstić information content (AvgIpc) is 2.89. The van der Waals surface area contributed by atoms with E-state index in [0.717, 1.165) is 16.7 Å². The summed E-state index contributed by atoms with van der Waals surface area (Å²) in [5.41, 5.74) is 9.13. The smallest absolute Gasteiger partial charge is 0.258 e. The van der Waals surface area contributed by atoms with Crippen molar-refractivity contribution in [3.05, 3.63) is 48.3 Å². The van der Waals surface area contributed by atoms with Gasteiger partial charge in [-0.3, -0.25) is 4.98 Å². The molecule has 0 aliphatic heterocycles. The van der Waals surface area contributed by atoms with E-state index in [1.54, 1.807) is 18.5 Å². The Hall–Kier alpha value is -2.69. The maximum atomic E-state index is 5.74. The van der Waals surface area contributed by atoms with Crippen molar-refractivity contribution in [1.29, 1.82) is 0 Å². The summed E-state index contributed by atoms with van der Waals surface area (Å²) in [6.07, 6.45) is 3.48. The molecule has 1 aromatic carbocycles. The Kier molecular flexibility index (Phi) is 2.72. The van der Waals surface area contributed by atoms with Crippen molar-refractivity contribution in [2.75, 3.05) is 5.73 Å². The van der Waals surface area contributed by atoms with E-state index in [9.17, 15) is 0 Å². The fraction of sp³-hybridized carbons (Fsp3) is 0.0714. The second-order valence-electron chi connectivity index (χ2n) is 4.24. The number of rotatable bonds is 2. The first-order chi connectivity index (χ1) is 9.24. The SMILES string of the molecule is Cc1cnccc1-c1noc(-c2cccc(N)c2)n1. The third-order valence-corrected chi connectivity index (χ3v) is 2.82. The van der Waals surface area contributed by atoms with Crippen LogP contribution in [0.3, 0.4) is 0 Å². The van der Waals surface area contributed by atoms with Gasteiger partial charge in [-0.15, -0.1) is 0 Å². The van der Waals surface area contributed by atoms with Crippen molar-refractivity contribution < 1.29 is 4.52 Å². The van der Waals surface area contributed by atoms with Gasteiger partial charge in [0.15, 0.2) is 0 Å². The van der Waals surface area contributed by atoms with Gasteiger partial charge >= 0.3 is 0 Å². The molecule has 2 N–H and O–H groups in total. The quantitative estimate of drug-likeness (QED) is 0.709. The third-order valence-electron chi connectivity index (χ3n) is 2.82. The molecule has 2 heterocycles. The first kappa shape index (κ1) is 11.4. The number of anilines is 1. The molecule has 0 saturated heterocycles. The van der Waals surface area contributed by atoms with E-state index >= 15 is 0 Å². The lowest BCUT2D eigenvalue weighted by Crippen LogP contribution is -1.87. The van der Waals surface area contributed by atoms with Gasteiger partial charge in [0, 0.05) is 29.2 Å². The highest BCUT2D eigenvalue weighted by molar-refractivity contribution is 5.64. The molecule has 5 nitrogen and oxygen atoms in total. The number of hydrogen-bond donors (Lipinski definition) is 1. The van der Waals surface area contributed by atoms with E-state index in [1.807, 2.05) is 31.2 Å². The minimum Gasteiger partial charge on any atom is -0.399 e. The zero-order valence-electron chi connectivity index (χ0n) is 10.4. The predicted molar refractivity (Wildman–Crippen MR) is 72.1 cm³/mol. The summed E-state index contributed by atoms with van der Waals surface area (Å²) in [6, 6.07) is 9.22. The van der Waals surface area contributed by atoms with Crippen LogP contribution in [0.2, 0.25) is 0 Å². The molecule has 3 rings (SSSR count). The van der Waals surface area contributed by atoms with E-state index in [4.69, 9.17) is 10.3 Å². The molecule has 0 aliphatic rings. The molecule has 3 aromatic rings. The highest BCUT2D eigenvalue weighted by atomic mass is 16.5. The highest BCUT2D eigenvalue weighted by Gasteiger charge is 2.12. The topological polar surface area (TPSA) is 77.8 Å². The van der Waals surface area contributed by atoms with Crippen LogP contribution in [-0.4, -0.2) is 15.1 Å². The van der Waals surface area contributed by atoms with Gasteiger partial charge in [-0.25, -0.2) is 0 Å². The second kappa shape index (κ2) is 4.53. The predicted octanol–water partition coefficient (Wildman–Crippen LogP) is 2.69. The summed E-state index contributed by atoms with van der Waals surface area (Å²) < 4.78 is 5.28. The first-order valence-electron chi connectivity index (χ1n) is 5.84. The Bertz CT molecular complexity index is 721. The molecule has 0 radical (unpaired) electrons. The Balaban J connectivity index is 2.03. The fourth-order valence-electron chi connectivity index (χ4n) is 1.85. The molecule has 0 amide bonds. The van der Waals surface area contributed by atoms with Gasteiger partial charge in [0.2, 0.25) is 5.82 Å². The van der Waals surface area contributed by atoms with Crippen LogP contribution in [-0.2, 0) is 0 Å². The summed E-state index contributed by atoms with van der Waals surface area (Å²) in [6.45, 7) is 1.96. The van der Waals surface area contributed by atoms with Crippen LogP contribution in [0.1, 0.15) is 5.56 Å². The molecule has 0 spiro atoms. The van der Waals surface area contributed by atoms with E-state index in [1.165, 1.54) is 0 Å². The minimum absolute atomic E-state index is 0.457. The molecule has 0 atom stereocenters. The van der Waals surface area contributed by atoms with Crippen molar-refractivity contribution in [2.45, 2.75) is 6.92 Å². The molecule has 19 heavy (non-hydrogen) atoms. The number of nitrogens with two attached hydrogens (primary N) is 1. The van der Waals surface area contributed by atoms with Crippen LogP contribution in [0.25, 0.3) is 22.8 Å². The van der Waals surface area contributed by atoms with Crippen LogP contribution in [0.5, 0.6) is 0 Å². The standard InChI is InChI=1S/C14H12N4O/c1-9-8-16-6-5-12(9)13-17-14(19-18-13)10-3-2-4-11(15)7-10/h2-8H,15H2,1H3. The number of nitrogens with zero attached hydrogens (tertiary/aromatic N) is 3. The number of benzene rings is 1. The second-order valence-corrected chi connectivity index (χ2v) is 4.24. The first-order valence-corrected chi connectivity index (χ1v) is 5.84. The van der Waals surface area contributed by atoms with E-state index in [2.05, 4.69) is 15.1 Å². The van der Waals surface area contributed by atoms with Gasteiger partial charge in [-0.1, -0.05) is 11.2 Å². The van der Waals surface area contributed by atoms with E-state index in [-0.39, 0.29) is 0 Å². The lowest BCUT2D eigenvalue weighted by Gasteiger charge is -1.97. The van der Waals surface area contributed by atoms with Gasteiger partial charge in [0.25, 0.3) is 5.89 Å². The summed E-state index contributed by atoms with van der Waals surface area (Å²) in [7, 11) is 0. The molecule has 5 heteroatoms. The van der Waals surface area contributed by atoms with Crippen LogP contribution in [0, 0.1) is 6.92 Å². The van der Waals surface area contributed by atoms with Gasteiger partial charge < -0.3 is 10.3 Å². The molecule has 2 aromatic heterocycles. The summed E-state index contributed by atoms with van der Waals surface area (Å²) in [5.74, 6) is 1.01. The Morgan fingerprint density at radius 1 is 1.21 bits per heavy atom. The Morgan fingerprint density at radius 3 is 2.89 bits per heavy atom. The molecular formula is C14H12N4O. The van der Waals surface area contributed by atoms with Crippen LogP contribution >= 0.6 is 0 Å². The molecule has 94 valence electrons. The summed E-state index contributed by atoms with van der Waals surface area (Å²) in [4.78, 5) is 8.44. The normalized spacial score (nSPS) is 10.6. The van der Waals surface area contributed by atoms with Crippen LogP contribution in [0.15, 0.2) is 47.2 Å². The number of aromatic nitrogens is 3. The zero-order valence-corrected chi connectivity index (χ0v) is 10.4. The third kappa shape index (κ3) is 2.18. The molecule has 0 unspecified atom stereocenters. The largest absolute Gasteiger partial charge is 0.399 e. The maximum Gasteiger partial charge on any atom is 0.258 e. The van der Waals surface area contributed by atoms with E-state index < -0.39 is 0 Å². The number of aryl methyl sites for hydroxylation is 1. The van der Waals surface area contributed by atoms with Crippen molar-refractivity contribution in [2.24, 2.45) is 0 Å². The maximum absolute atomic E-state index is 5.74. The summed E-state index contributed by atoms with van der Waals surface area (Å²) in [5, 5.41) is 4.00. The lowest BCUT2D eigenvalue weighted by atomic mass is 10.1. The fourth-order valence-corrected chi connectivity index (χ4v) is 1.85. The molecule has 0 fully saturated rings. The number of nitrogen functional groups attached to an aromatic ring is 1. The molecule has 0 aliphatic carbocycles. The molecule has 0 bridgehead atoms. The molecular weight excluding hydrogens is 240 g/mol. The van der Waals surface area contributed by atoms with Gasteiger partial charge in [0.1, 0.15) is 0 Å². The zero-order chi connectivity index (χ0) is 13.2. The van der Waals surface area contributed by atoms with Gasteiger partial charge in [-0.05, 0) is 36.8 Å². The van der Waals surface area contributed by atoms with Crippen molar-refractivity contribution in [1.82, 2.24) is 15.1 Å². The highest BCUT2D eigenvalue weighted by Crippen LogP contribution is 2.24. The molecule has 0 saturated carbocycles. The lowest BCUT2D eigenvalue weighted by molar-refractivity contribution is 0.432. The van der Waals surface area contributed by atoms with Crippen molar-refractivity contribution in [3.63, 3.8) is 0 Å². The van der Waals surface area contributed by atoms with E-state index in [0.29, 0.717) is 17.4 Å². The minimum atomic E-state index is 0.457. The van der Waals surface area contributed by atoms with Gasteiger partial charge in [0.05, 0.1) is 0 Å². The van der Waals surface area contributed by atoms with Crippen molar-refractivity contribution >= 4 is 5.69 Å². The number of pyridine rings is 1. The monoisotopic (exact) mass is 252 g/mol.